The van der Waals surface area contributed by atoms with Gasteiger partial charge in [0.15, 0.2) is 11.6 Å². The molecule has 2 atom stereocenters. The van der Waals surface area contributed by atoms with Crippen LogP contribution in [0.25, 0.3) is 0 Å². The Hall–Kier alpha value is -4.10. The van der Waals surface area contributed by atoms with Gasteiger partial charge in [-0.25, -0.2) is 4.99 Å². The van der Waals surface area contributed by atoms with Crippen molar-refractivity contribution in [2.24, 2.45) is 4.99 Å². The molecule has 7 heteroatoms. The molecular weight excluding hydrogens is 492 g/mol. The smallest absolute Gasteiger partial charge is 0.252 e. The van der Waals surface area contributed by atoms with Gasteiger partial charge in [0.05, 0.1) is 13.7 Å². The van der Waals surface area contributed by atoms with Crippen LogP contribution in [0.2, 0.25) is 0 Å². The van der Waals surface area contributed by atoms with Crippen molar-refractivity contribution in [2.75, 3.05) is 20.3 Å². The summed E-state index contributed by atoms with van der Waals surface area (Å²) in [6.45, 7) is 4.47. The van der Waals surface area contributed by atoms with E-state index in [0.29, 0.717) is 36.8 Å². The first kappa shape index (κ1) is 26.5. The number of hydrogen-bond donors (Lipinski definition) is 2. The van der Waals surface area contributed by atoms with E-state index in [1.165, 1.54) is 11.1 Å². The molecule has 0 unspecified atom stereocenters. The van der Waals surface area contributed by atoms with Crippen molar-refractivity contribution in [3.8, 4) is 11.5 Å². The number of rotatable bonds is 11. The van der Waals surface area contributed by atoms with Crippen LogP contribution in [0.15, 0.2) is 90.4 Å². The first-order valence-electron chi connectivity index (χ1n) is 13.3. The third kappa shape index (κ3) is 5.54. The average Bonchev–Trinajstić information content (AvgIpc) is 3.56. The fourth-order valence-corrected chi connectivity index (χ4v) is 5.31. The van der Waals surface area contributed by atoms with Crippen LogP contribution in [0, 0.1) is 0 Å². The summed E-state index contributed by atoms with van der Waals surface area (Å²) in [5.74, 6) is 1.56. The zero-order chi connectivity index (χ0) is 27.2. The van der Waals surface area contributed by atoms with Crippen molar-refractivity contribution in [2.45, 2.75) is 43.4 Å². The molecule has 202 valence electrons. The average molecular weight is 527 g/mol. The molecular formula is C32H34N2O5. The van der Waals surface area contributed by atoms with Crippen molar-refractivity contribution in [3.05, 3.63) is 108 Å². The molecule has 0 saturated heterocycles. The Morgan fingerprint density at radius 1 is 1.10 bits per heavy atom. The largest absolute Gasteiger partial charge is 0.497 e. The van der Waals surface area contributed by atoms with Gasteiger partial charge in [-0.2, -0.15) is 0 Å². The fourth-order valence-electron chi connectivity index (χ4n) is 5.31. The topological polar surface area (TPSA) is 89.4 Å². The Kier molecular flexibility index (Phi) is 7.98. The van der Waals surface area contributed by atoms with E-state index in [9.17, 15) is 4.79 Å². The molecule has 3 aromatic rings. The summed E-state index contributed by atoms with van der Waals surface area (Å²) >= 11 is 0. The normalized spacial score (nSPS) is 20.1. The second-order valence-electron chi connectivity index (χ2n) is 9.91. The van der Waals surface area contributed by atoms with Crippen LogP contribution < -0.4 is 14.8 Å². The van der Waals surface area contributed by atoms with Gasteiger partial charge >= 0.3 is 0 Å². The zero-order valence-corrected chi connectivity index (χ0v) is 22.1. The molecule has 2 N–H and O–H groups in total. The summed E-state index contributed by atoms with van der Waals surface area (Å²) in [6.07, 6.45) is 3.47. The number of methoxy groups -OCH3 is 1. The van der Waals surface area contributed by atoms with Crippen molar-refractivity contribution in [1.29, 1.82) is 0 Å². The van der Waals surface area contributed by atoms with E-state index in [1.54, 1.807) is 13.2 Å². The van der Waals surface area contributed by atoms with E-state index >= 15 is 0 Å². The SMILES string of the molecule is C=CC[C@@]1(C(=O)NC2Cc3ccccc3C2)N=C(c2ccc(OCCCO)cc2)O[C@@H]1c1cccc(OC)c1. The molecule has 7 nitrogen and oxygen atoms in total. The molecule has 0 spiro atoms. The van der Waals surface area contributed by atoms with Gasteiger partial charge < -0.3 is 24.6 Å². The summed E-state index contributed by atoms with van der Waals surface area (Å²) < 4.78 is 17.6. The Labute approximate surface area is 229 Å². The van der Waals surface area contributed by atoms with Crippen LogP contribution in [0.4, 0.5) is 0 Å². The fraction of sp³-hybridized carbons (Fsp3) is 0.312. The molecule has 3 aromatic carbocycles. The van der Waals surface area contributed by atoms with Gasteiger partial charge in [-0.3, -0.25) is 4.79 Å². The Morgan fingerprint density at radius 2 is 1.85 bits per heavy atom. The Bertz CT molecular complexity index is 1330. The predicted molar refractivity (Wildman–Crippen MR) is 150 cm³/mol. The summed E-state index contributed by atoms with van der Waals surface area (Å²) in [5.41, 5.74) is 2.82. The lowest BCUT2D eigenvalue weighted by atomic mass is 9.84. The quantitative estimate of drug-likeness (QED) is 0.282. The molecule has 1 heterocycles. The van der Waals surface area contributed by atoms with E-state index in [2.05, 4.69) is 24.0 Å². The van der Waals surface area contributed by atoms with E-state index < -0.39 is 11.6 Å². The van der Waals surface area contributed by atoms with Gasteiger partial charge in [-0.05, 0) is 65.9 Å². The lowest BCUT2D eigenvalue weighted by Crippen LogP contribution is -2.51. The van der Waals surface area contributed by atoms with Crippen LogP contribution in [0.5, 0.6) is 11.5 Å². The molecule has 1 aliphatic carbocycles. The van der Waals surface area contributed by atoms with E-state index in [-0.39, 0.29) is 18.6 Å². The van der Waals surface area contributed by atoms with Gasteiger partial charge in [-0.15, -0.1) is 6.58 Å². The number of ether oxygens (including phenoxy) is 3. The maximum atomic E-state index is 14.2. The van der Waals surface area contributed by atoms with Crippen LogP contribution in [0.3, 0.4) is 0 Å². The minimum Gasteiger partial charge on any atom is -0.497 e. The molecule has 1 amide bonds. The number of hydrogen-bond acceptors (Lipinski definition) is 6. The van der Waals surface area contributed by atoms with Crippen LogP contribution in [-0.4, -0.2) is 48.8 Å². The lowest BCUT2D eigenvalue weighted by Gasteiger charge is -2.31. The molecule has 39 heavy (non-hydrogen) atoms. The van der Waals surface area contributed by atoms with Crippen molar-refractivity contribution in [3.63, 3.8) is 0 Å². The molecule has 0 aromatic heterocycles. The molecule has 1 aliphatic heterocycles. The van der Waals surface area contributed by atoms with Gasteiger partial charge in [0.25, 0.3) is 5.91 Å². The second-order valence-corrected chi connectivity index (χ2v) is 9.91. The zero-order valence-electron chi connectivity index (χ0n) is 22.1. The number of carbonyl (C=O) groups is 1. The van der Waals surface area contributed by atoms with Crippen LogP contribution >= 0.6 is 0 Å². The van der Waals surface area contributed by atoms with Gasteiger partial charge in [0.1, 0.15) is 11.5 Å². The summed E-state index contributed by atoms with van der Waals surface area (Å²) in [4.78, 5) is 19.1. The first-order valence-corrected chi connectivity index (χ1v) is 13.3. The number of aliphatic hydroxyl groups is 1. The highest BCUT2D eigenvalue weighted by molar-refractivity contribution is 6.01. The Balaban J connectivity index is 1.47. The summed E-state index contributed by atoms with van der Waals surface area (Å²) in [6, 6.07) is 23.3. The maximum absolute atomic E-state index is 14.2. The number of aliphatic hydroxyl groups excluding tert-OH is 1. The van der Waals surface area contributed by atoms with Gasteiger partial charge in [0, 0.05) is 31.1 Å². The molecule has 2 aliphatic rings. The third-order valence-electron chi connectivity index (χ3n) is 7.27. The summed E-state index contributed by atoms with van der Waals surface area (Å²) in [5, 5.41) is 12.3. The van der Waals surface area contributed by atoms with Gasteiger partial charge in [0.2, 0.25) is 5.90 Å². The molecule has 0 saturated carbocycles. The number of nitrogens with zero attached hydrogens (tertiary/aromatic N) is 1. The maximum Gasteiger partial charge on any atom is 0.252 e. The lowest BCUT2D eigenvalue weighted by molar-refractivity contribution is -0.129. The van der Waals surface area contributed by atoms with Crippen LogP contribution in [0.1, 0.15) is 41.2 Å². The van der Waals surface area contributed by atoms with Gasteiger partial charge in [-0.1, -0.05) is 42.5 Å². The molecule has 0 bridgehead atoms. The van der Waals surface area contributed by atoms with E-state index in [4.69, 9.17) is 24.3 Å². The van der Waals surface area contributed by atoms with Crippen molar-refractivity contribution >= 4 is 11.8 Å². The number of benzene rings is 3. The van der Waals surface area contributed by atoms with Crippen LogP contribution in [-0.2, 0) is 22.4 Å². The third-order valence-corrected chi connectivity index (χ3v) is 7.27. The number of nitrogens with one attached hydrogen (secondary N) is 1. The first-order chi connectivity index (χ1) is 19.1. The number of aliphatic imine (C=N–C) groups is 1. The monoisotopic (exact) mass is 526 g/mol. The molecule has 5 rings (SSSR count). The molecule has 0 fully saturated rings. The highest BCUT2D eigenvalue weighted by atomic mass is 16.5. The number of fused-ring (bicyclic) bond motifs is 1. The minimum absolute atomic E-state index is 0.0165. The highest BCUT2D eigenvalue weighted by Gasteiger charge is 2.53. The summed E-state index contributed by atoms with van der Waals surface area (Å²) in [7, 11) is 1.61. The van der Waals surface area contributed by atoms with Crippen molar-refractivity contribution < 1.29 is 24.1 Å². The number of carbonyl (C=O) groups excluding carboxylic acids is 1. The van der Waals surface area contributed by atoms with Crippen molar-refractivity contribution in [1.82, 2.24) is 5.32 Å². The predicted octanol–water partition coefficient (Wildman–Crippen LogP) is 4.57. The Morgan fingerprint density at radius 3 is 2.51 bits per heavy atom. The molecule has 0 radical (unpaired) electrons. The van der Waals surface area contributed by atoms with E-state index in [1.807, 2.05) is 60.7 Å². The second kappa shape index (κ2) is 11.7. The number of amides is 1. The minimum atomic E-state index is -1.24. The highest BCUT2D eigenvalue weighted by Crippen LogP contribution is 2.43. The standard InChI is InChI=1S/C32H34N2O5/c1-3-16-32(31(36)33-26-19-23-8-4-5-9-24(23)20-26)29(25-10-6-11-28(21-25)37-2)39-30(34-32)22-12-14-27(15-13-22)38-18-7-17-35/h3-6,8-15,21,26,29,35H,1,7,16-20H2,2H3,(H,33,36)/t29-,32-/m1/s1. The van der Waals surface area contributed by atoms with E-state index in [0.717, 1.165) is 24.0 Å².